The minimum atomic E-state index is -0.820. The predicted octanol–water partition coefficient (Wildman–Crippen LogP) is 13.7. The first-order chi connectivity index (χ1) is 40.6. The number of carbonyl (C=O) groups is 3. The van der Waals surface area contributed by atoms with Crippen LogP contribution in [0, 0.1) is 10.8 Å². The molecule has 446 valence electrons. The number of ether oxygens (including phenoxy) is 4. The van der Waals surface area contributed by atoms with Crippen molar-refractivity contribution in [3.63, 3.8) is 0 Å². The fourth-order valence-corrected chi connectivity index (χ4v) is 10.2. The van der Waals surface area contributed by atoms with E-state index in [2.05, 4.69) is 141 Å². The molecule has 0 unspecified atom stereocenters. The van der Waals surface area contributed by atoms with Crippen molar-refractivity contribution in [1.29, 1.82) is 0 Å². The fraction of sp³-hybridized carbons (Fsp3) is 0.357. The van der Waals surface area contributed by atoms with Crippen molar-refractivity contribution in [3.8, 4) is 22.5 Å². The summed E-state index contributed by atoms with van der Waals surface area (Å²) in [6, 6.07) is 60.4. The van der Waals surface area contributed by atoms with E-state index in [1.807, 2.05) is 123 Å². The van der Waals surface area contributed by atoms with Crippen molar-refractivity contribution in [2.75, 3.05) is 19.6 Å². The Morgan fingerprint density at radius 3 is 1.34 bits per heavy atom. The van der Waals surface area contributed by atoms with Crippen molar-refractivity contribution in [1.82, 2.24) is 34.2 Å². The number of imidazole rings is 2. The van der Waals surface area contributed by atoms with Gasteiger partial charge >= 0.3 is 12.2 Å². The van der Waals surface area contributed by atoms with Gasteiger partial charge in [0, 0.05) is 43.2 Å². The van der Waals surface area contributed by atoms with Gasteiger partial charge in [0.25, 0.3) is 0 Å². The fourth-order valence-electron chi connectivity index (χ4n) is 10.2. The quantitative estimate of drug-likeness (QED) is 0.0883. The molecule has 0 bridgehead atoms. The molecule has 15 heteroatoms. The standard InChI is InChI=1S/C35H42N4O3.C21H25N3.C14H17NO4/c1-34(2,3)31(32-37-30(28-19-13-8-14-20-28)24-38(32)22-26-15-9-6-10-16-26)36-21-29-23-39(35(4,5)42-29)33(40)41-25-27-17-11-7-12-18-27;1-21(2,3)19(22)20-23-18(17-12-8-5-9-13-17)15-24(20)14-16-10-6-4-7-11-16;1-14(2)15(8-12(9-16)19-14)13(17)18-10-11-6-4-3-5-7-11/h6-20,24,29,31,36H,21-23,25H2,1-5H3;4-13,15,19H,14,22H2,1-3H3;3-7,9,12H,8,10H2,1-2H3/t29-,31+;19-;12-/m100/s1. The number of nitrogens with one attached hydrogen (secondary N) is 1. The highest BCUT2D eigenvalue weighted by Gasteiger charge is 2.45. The Bertz CT molecular complexity index is 3360. The van der Waals surface area contributed by atoms with Crippen molar-refractivity contribution in [2.45, 2.75) is 131 Å². The second-order valence-corrected chi connectivity index (χ2v) is 24.7. The van der Waals surface area contributed by atoms with Crippen molar-refractivity contribution in [3.05, 3.63) is 228 Å². The average molecular weight is 1150 g/mol. The van der Waals surface area contributed by atoms with Crippen molar-refractivity contribution < 1.29 is 33.3 Å². The summed E-state index contributed by atoms with van der Waals surface area (Å²) in [6.45, 7) is 23.6. The van der Waals surface area contributed by atoms with Crippen LogP contribution in [0.3, 0.4) is 0 Å². The molecule has 3 N–H and O–H groups in total. The molecule has 6 aromatic carbocycles. The van der Waals surface area contributed by atoms with Crippen LogP contribution in [-0.4, -0.2) is 90.7 Å². The molecule has 2 fully saturated rings. The number of rotatable bonds is 16. The highest BCUT2D eigenvalue weighted by Crippen LogP contribution is 2.36. The zero-order valence-corrected chi connectivity index (χ0v) is 50.9. The summed E-state index contributed by atoms with van der Waals surface area (Å²) in [5, 5.41) is 3.78. The summed E-state index contributed by atoms with van der Waals surface area (Å²) in [4.78, 5) is 49.0. The average Bonchev–Trinajstić information content (AvgIpc) is 3.40. The monoisotopic (exact) mass is 1150 g/mol. The van der Waals surface area contributed by atoms with Gasteiger partial charge in [-0.3, -0.25) is 9.80 Å². The maximum atomic E-state index is 13.0. The maximum Gasteiger partial charge on any atom is 0.412 e. The Kier molecular flexibility index (Phi) is 20.8. The molecule has 0 saturated carbocycles. The number of hydrogen-bond donors (Lipinski definition) is 2. The van der Waals surface area contributed by atoms with Crippen LogP contribution in [-0.2, 0) is 50.0 Å². The number of nitrogens with zero attached hydrogens (tertiary/aromatic N) is 6. The summed E-state index contributed by atoms with van der Waals surface area (Å²) in [7, 11) is 0. The van der Waals surface area contributed by atoms with E-state index in [-0.39, 0.29) is 54.9 Å². The van der Waals surface area contributed by atoms with Crippen LogP contribution in [0.15, 0.2) is 194 Å². The van der Waals surface area contributed by atoms with Crippen LogP contribution in [0.5, 0.6) is 0 Å². The van der Waals surface area contributed by atoms with Gasteiger partial charge in [-0.15, -0.1) is 0 Å². The van der Waals surface area contributed by atoms with Crippen LogP contribution in [0.2, 0.25) is 0 Å². The lowest BCUT2D eigenvalue weighted by molar-refractivity contribution is -0.123. The minimum absolute atomic E-state index is 0.0479. The predicted molar refractivity (Wildman–Crippen MR) is 334 cm³/mol. The summed E-state index contributed by atoms with van der Waals surface area (Å²) < 4.78 is 27.1. The first-order valence-corrected chi connectivity index (χ1v) is 29.2. The Morgan fingerprint density at radius 1 is 0.565 bits per heavy atom. The third-order valence-corrected chi connectivity index (χ3v) is 15.0. The number of aromatic nitrogens is 4. The first-order valence-electron chi connectivity index (χ1n) is 29.2. The third kappa shape index (κ3) is 17.2. The molecule has 10 rings (SSSR count). The number of amides is 2. The van der Waals surface area contributed by atoms with Gasteiger partial charge in [-0.05, 0) is 60.8 Å². The van der Waals surface area contributed by atoms with Crippen molar-refractivity contribution >= 4 is 18.5 Å². The van der Waals surface area contributed by atoms with Crippen LogP contribution in [0.1, 0.15) is 115 Å². The molecule has 2 aliphatic rings. The molecule has 0 spiro atoms. The summed E-state index contributed by atoms with van der Waals surface area (Å²) in [5.74, 6) is 1.91. The zero-order chi connectivity index (χ0) is 60.8. The number of benzene rings is 6. The smallest absolute Gasteiger partial charge is 0.412 e. The highest BCUT2D eigenvalue weighted by molar-refractivity contribution is 5.71. The summed E-state index contributed by atoms with van der Waals surface area (Å²) in [5.41, 5.74) is 13.2. The summed E-state index contributed by atoms with van der Waals surface area (Å²) in [6.07, 6.45) is 3.34. The van der Waals surface area contributed by atoms with E-state index in [9.17, 15) is 14.4 Å². The highest BCUT2D eigenvalue weighted by atomic mass is 16.6. The van der Waals surface area contributed by atoms with Gasteiger partial charge in [0.1, 0.15) is 42.4 Å². The van der Waals surface area contributed by atoms with Crippen molar-refractivity contribution in [2.24, 2.45) is 16.6 Å². The minimum Gasteiger partial charge on any atom is -0.444 e. The number of nitrogens with two attached hydrogens (primary N) is 1. The van der Waals surface area contributed by atoms with Crippen LogP contribution in [0.4, 0.5) is 9.59 Å². The van der Waals surface area contributed by atoms with Gasteiger partial charge in [-0.25, -0.2) is 19.6 Å². The van der Waals surface area contributed by atoms with E-state index < -0.39 is 23.6 Å². The lowest BCUT2D eigenvalue weighted by Gasteiger charge is -2.32. The van der Waals surface area contributed by atoms with E-state index in [1.54, 1.807) is 18.7 Å². The van der Waals surface area contributed by atoms with Gasteiger partial charge in [-0.1, -0.05) is 224 Å². The SMILES string of the molecule is CC(C)(C)[C@@H](N)c1nc(-c2ccccc2)cn1Cc1ccccc1.CC(C)(C)[C@@H](NC[C@@H]1CN(C(=O)OCc2ccccc2)C(C)(C)O1)c1nc(-c2ccccc2)cn1Cc1ccccc1.CC1(C)O[C@H](C=O)CN1C(=O)OCc1ccccc1. The number of aldehydes is 1. The molecular formula is C70H84N8O7. The van der Waals surface area contributed by atoms with E-state index in [4.69, 9.17) is 34.6 Å². The molecule has 15 nitrogen and oxygen atoms in total. The summed E-state index contributed by atoms with van der Waals surface area (Å²) >= 11 is 0. The molecule has 0 aliphatic carbocycles. The normalized spacial score (nSPS) is 16.9. The van der Waals surface area contributed by atoms with E-state index >= 15 is 0 Å². The molecule has 4 heterocycles. The molecule has 4 atom stereocenters. The van der Waals surface area contributed by atoms with E-state index in [0.29, 0.717) is 19.4 Å². The van der Waals surface area contributed by atoms with Gasteiger partial charge in [0.05, 0.1) is 42.7 Å². The molecule has 8 aromatic rings. The van der Waals surface area contributed by atoms with Crippen LogP contribution >= 0.6 is 0 Å². The molecule has 0 radical (unpaired) electrons. The van der Waals surface area contributed by atoms with Gasteiger partial charge < -0.3 is 43.9 Å². The largest absolute Gasteiger partial charge is 0.444 e. The lowest BCUT2D eigenvalue weighted by atomic mass is 9.86. The maximum absolute atomic E-state index is 13.0. The molecule has 2 amide bonds. The molecule has 2 aromatic heterocycles. The van der Waals surface area contributed by atoms with E-state index in [1.165, 1.54) is 16.0 Å². The Labute approximate surface area is 502 Å². The zero-order valence-electron chi connectivity index (χ0n) is 50.9. The second kappa shape index (κ2) is 28.1. The van der Waals surface area contributed by atoms with E-state index in [0.717, 1.165) is 58.4 Å². The van der Waals surface area contributed by atoms with Gasteiger partial charge in [0.2, 0.25) is 0 Å². The topological polar surface area (TPSA) is 168 Å². The van der Waals surface area contributed by atoms with Crippen LogP contribution in [0.25, 0.3) is 22.5 Å². The van der Waals surface area contributed by atoms with Gasteiger partial charge in [-0.2, -0.15) is 0 Å². The van der Waals surface area contributed by atoms with Gasteiger partial charge in [0.15, 0.2) is 6.29 Å². The Morgan fingerprint density at radius 2 is 0.941 bits per heavy atom. The number of hydrogen-bond acceptors (Lipinski definition) is 11. The lowest BCUT2D eigenvalue weighted by Crippen LogP contribution is -2.43. The first kappa shape index (κ1) is 62.8. The number of carbonyl (C=O) groups excluding carboxylic acids is 3. The molecule has 2 saturated heterocycles. The third-order valence-electron chi connectivity index (χ3n) is 15.0. The Balaban J connectivity index is 0.000000184. The molecular weight excluding hydrogens is 1060 g/mol. The van der Waals surface area contributed by atoms with Crippen LogP contribution < -0.4 is 11.1 Å². The Hall–Kier alpha value is -8.21. The second-order valence-electron chi connectivity index (χ2n) is 24.7. The molecule has 2 aliphatic heterocycles. The molecule has 85 heavy (non-hydrogen) atoms.